The van der Waals surface area contributed by atoms with E-state index >= 15 is 0 Å². The minimum absolute atomic E-state index is 0.126. The summed E-state index contributed by atoms with van der Waals surface area (Å²) in [6.45, 7) is 4.30. The number of aliphatic hydroxyl groups is 1. The Balaban J connectivity index is 2.51. The summed E-state index contributed by atoms with van der Waals surface area (Å²) in [6.07, 6.45) is 0.358. The molecular weight excluding hydrogens is 226 g/mol. The normalized spacial score (nSPS) is 14.8. The van der Waals surface area contributed by atoms with Crippen LogP contribution >= 0.6 is 11.6 Å². The lowest BCUT2D eigenvalue weighted by Crippen LogP contribution is -2.28. The zero-order chi connectivity index (χ0) is 12.1. The van der Waals surface area contributed by atoms with Gasteiger partial charge in [0.15, 0.2) is 0 Å². The predicted molar refractivity (Wildman–Crippen MR) is 65.7 cm³/mol. The Labute approximate surface area is 101 Å². The highest BCUT2D eigenvalue weighted by Crippen LogP contribution is 2.26. The second kappa shape index (κ2) is 6.09. The highest BCUT2D eigenvalue weighted by Gasteiger charge is 2.08. The van der Waals surface area contributed by atoms with Crippen LogP contribution in [0, 0.1) is 0 Å². The average molecular weight is 244 g/mol. The Kier molecular flexibility index (Phi) is 5.06. The number of para-hydroxylation sites is 1. The molecule has 0 bridgehead atoms. The number of nitrogens with one attached hydrogen (secondary N) is 1. The molecule has 2 unspecified atom stereocenters. The Hall–Kier alpha value is -0.770. The maximum atomic E-state index is 9.67. The van der Waals surface area contributed by atoms with Crippen molar-refractivity contribution in [3.05, 3.63) is 28.8 Å². The van der Waals surface area contributed by atoms with Crippen LogP contribution in [0.2, 0.25) is 5.02 Å². The van der Waals surface area contributed by atoms with Gasteiger partial charge in [0.2, 0.25) is 0 Å². The van der Waals surface area contributed by atoms with Crippen LogP contribution in [0.15, 0.2) is 18.2 Å². The summed E-state index contributed by atoms with van der Waals surface area (Å²) in [4.78, 5) is 0. The van der Waals surface area contributed by atoms with Crippen LogP contribution in [0.3, 0.4) is 0 Å². The maximum Gasteiger partial charge on any atom is 0.138 e. The number of hydrogen-bond acceptors (Lipinski definition) is 3. The van der Waals surface area contributed by atoms with Crippen LogP contribution in [0.1, 0.15) is 25.8 Å². The van der Waals surface area contributed by atoms with E-state index in [0.29, 0.717) is 18.0 Å². The van der Waals surface area contributed by atoms with Crippen LogP contribution < -0.4 is 5.32 Å². The molecule has 4 heteroatoms. The first-order valence-electron chi connectivity index (χ1n) is 5.38. The van der Waals surface area contributed by atoms with E-state index in [1.807, 2.05) is 13.0 Å². The third kappa shape index (κ3) is 4.00. The molecule has 0 saturated heterocycles. The van der Waals surface area contributed by atoms with Gasteiger partial charge in [0, 0.05) is 18.2 Å². The summed E-state index contributed by atoms with van der Waals surface area (Å²) in [6, 6.07) is 5.47. The number of rotatable bonds is 5. The molecule has 90 valence electrons. The van der Waals surface area contributed by atoms with E-state index < -0.39 is 0 Å². The molecule has 3 N–H and O–H groups in total. The highest BCUT2D eigenvalue weighted by atomic mass is 35.5. The van der Waals surface area contributed by atoms with E-state index in [1.165, 1.54) is 0 Å². The van der Waals surface area contributed by atoms with Crippen molar-refractivity contribution in [2.45, 2.75) is 39.0 Å². The molecule has 0 aliphatic heterocycles. The molecule has 0 aromatic heterocycles. The van der Waals surface area contributed by atoms with Gasteiger partial charge in [-0.05, 0) is 26.3 Å². The minimum atomic E-state index is -0.324. The summed E-state index contributed by atoms with van der Waals surface area (Å²) in [7, 11) is 0. The van der Waals surface area contributed by atoms with Crippen molar-refractivity contribution >= 4 is 11.6 Å². The van der Waals surface area contributed by atoms with Gasteiger partial charge in [-0.1, -0.05) is 23.7 Å². The fraction of sp³-hybridized carbons (Fsp3) is 0.500. The molecular formula is C12H18ClNO2. The molecule has 0 fully saturated rings. The quantitative estimate of drug-likeness (QED) is 0.744. The fourth-order valence-corrected chi connectivity index (χ4v) is 1.78. The topological polar surface area (TPSA) is 52.5 Å². The van der Waals surface area contributed by atoms with Gasteiger partial charge >= 0.3 is 0 Å². The van der Waals surface area contributed by atoms with Gasteiger partial charge in [0.1, 0.15) is 5.75 Å². The highest BCUT2D eigenvalue weighted by molar-refractivity contribution is 6.32. The third-order valence-corrected chi connectivity index (χ3v) is 2.71. The van der Waals surface area contributed by atoms with Crippen molar-refractivity contribution < 1.29 is 10.2 Å². The zero-order valence-corrected chi connectivity index (χ0v) is 10.3. The summed E-state index contributed by atoms with van der Waals surface area (Å²) in [5, 5.41) is 22.5. The van der Waals surface area contributed by atoms with E-state index in [1.54, 1.807) is 19.1 Å². The van der Waals surface area contributed by atoms with Gasteiger partial charge in [-0.2, -0.15) is 0 Å². The summed E-state index contributed by atoms with van der Waals surface area (Å²) in [5.41, 5.74) is 0.768. The number of benzene rings is 1. The SMILES string of the molecule is CC(O)CC(C)NCc1cccc(Cl)c1O. The molecule has 0 radical (unpaired) electrons. The predicted octanol–water partition coefficient (Wildman–Crippen LogP) is 2.29. The molecule has 0 amide bonds. The van der Waals surface area contributed by atoms with Crippen molar-refractivity contribution in [3.63, 3.8) is 0 Å². The van der Waals surface area contributed by atoms with E-state index in [4.69, 9.17) is 11.6 Å². The smallest absolute Gasteiger partial charge is 0.138 e. The van der Waals surface area contributed by atoms with Crippen LogP contribution in [-0.4, -0.2) is 22.4 Å². The number of halogens is 1. The lowest BCUT2D eigenvalue weighted by atomic mass is 10.1. The average Bonchev–Trinajstić information content (AvgIpc) is 2.19. The first kappa shape index (κ1) is 13.3. The molecule has 2 atom stereocenters. The monoisotopic (exact) mass is 243 g/mol. The first-order chi connectivity index (χ1) is 7.50. The summed E-state index contributed by atoms with van der Waals surface area (Å²) < 4.78 is 0. The lowest BCUT2D eigenvalue weighted by Gasteiger charge is -2.16. The van der Waals surface area contributed by atoms with Crippen LogP contribution in [-0.2, 0) is 6.54 Å². The number of aliphatic hydroxyl groups excluding tert-OH is 1. The zero-order valence-electron chi connectivity index (χ0n) is 9.57. The van der Waals surface area contributed by atoms with Crippen molar-refractivity contribution in [2.24, 2.45) is 0 Å². The first-order valence-corrected chi connectivity index (χ1v) is 5.76. The van der Waals surface area contributed by atoms with Crippen LogP contribution in [0.5, 0.6) is 5.75 Å². The Bertz CT molecular complexity index is 342. The number of hydrogen-bond donors (Lipinski definition) is 3. The van der Waals surface area contributed by atoms with E-state index in [0.717, 1.165) is 5.56 Å². The van der Waals surface area contributed by atoms with Crippen LogP contribution in [0.4, 0.5) is 0 Å². The fourth-order valence-electron chi connectivity index (χ4n) is 1.58. The summed E-state index contributed by atoms with van der Waals surface area (Å²) in [5.74, 6) is 0.126. The Morgan fingerprint density at radius 3 is 2.69 bits per heavy atom. The standard InChI is InChI=1S/C12H18ClNO2/c1-8(6-9(2)15)14-7-10-4-3-5-11(13)12(10)16/h3-5,8-9,14-16H,6-7H2,1-2H3. The van der Waals surface area contributed by atoms with Crippen molar-refractivity contribution in [1.82, 2.24) is 5.32 Å². The van der Waals surface area contributed by atoms with E-state index in [-0.39, 0.29) is 17.9 Å². The number of phenolic OH excluding ortho intramolecular Hbond substituents is 1. The minimum Gasteiger partial charge on any atom is -0.506 e. The molecule has 0 spiro atoms. The van der Waals surface area contributed by atoms with E-state index in [9.17, 15) is 10.2 Å². The molecule has 0 aliphatic rings. The third-order valence-electron chi connectivity index (χ3n) is 2.41. The molecule has 0 heterocycles. The Morgan fingerprint density at radius 2 is 2.06 bits per heavy atom. The van der Waals surface area contributed by atoms with Crippen molar-refractivity contribution in [3.8, 4) is 5.75 Å². The van der Waals surface area contributed by atoms with Crippen molar-refractivity contribution in [1.29, 1.82) is 0 Å². The number of aromatic hydroxyl groups is 1. The van der Waals surface area contributed by atoms with E-state index in [2.05, 4.69) is 5.32 Å². The second-order valence-electron chi connectivity index (χ2n) is 4.11. The van der Waals surface area contributed by atoms with Gasteiger partial charge in [0.05, 0.1) is 11.1 Å². The molecule has 16 heavy (non-hydrogen) atoms. The van der Waals surface area contributed by atoms with Gasteiger partial charge in [-0.25, -0.2) is 0 Å². The van der Waals surface area contributed by atoms with Gasteiger partial charge in [-0.15, -0.1) is 0 Å². The molecule has 0 aliphatic carbocycles. The van der Waals surface area contributed by atoms with Gasteiger partial charge in [0.25, 0.3) is 0 Å². The van der Waals surface area contributed by atoms with Gasteiger partial charge in [-0.3, -0.25) is 0 Å². The maximum absolute atomic E-state index is 9.67. The largest absolute Gasteiger partial charge is 0.506 e. The Morgan fingerprint density at radius 1 is 1.38 bits per heavy atom. The van der Waals surface area contributed by atoms with Crippen molar-refractivity contribution in [2.75, 3.05) is 0 Å². The molecule has 1 aromatic rings. The molecule has 0 saturated carbocycles. The van der Waals surface area contributed by atoms with Crippen LogP contribution in [0.25, 0.3) is 0 Å². The second-order valence-corrected chi connectivity index (χ2v) is 4.52. The molecule has 3 nitrogen and oxygen atoms in total. The molecule has 1 aromatic carbocycles. The number of phenols is 1. The van der Waals surface area contributed by atoms with Gasteiger partial charge < -0.3 is 15.5 Å². The lowest BCUT2D eigenvalue weighted by molar-refractivity contribution is 0.170. The molecule has 1 rings (SSSR count). The summed E-state index contributed by atoms with van der Waals surface area (Å²) >= 11 is 5.80.